The largest absolute Gasteiger partial charge is 0.350 e. The van der Waals surface area contributed by atoms with Crippen LogP contribution < -0.4 is 10.0 Å². The van der Waals surface area contributed by atoms with Crippen LogP contribution in [0.15, 0.2) is 41.3 Å². The first kappa shape index (κ1) is 19.3. The first-order valence-corrected chi connectivity index (χ1v) is 9.67. The van der Waals surface area contributed by atoms with Crippen molar-refractivity contribution in [1.82, 2.24) is 5.32 Å². The minimum absolute atomic E-state index is 0.0545. The smallest absolute Gasteiger partial charge is 0.263 e. The number of aryl methyl sites for hydroxylation is 1. The Morgan fingerprint density at radius 2 is 1.80 bits per heavy atom. The van der Waals surface area contributed by atoms with Crippen LogP contribution in [0.3, 0.4) is 0 Å². The summed E-state index contributed by atoms with van der Waals surface area (Å²) in [5.74, 6) is -0.352. The third-order valence-electron chi connectivity index (χ3n) is 3.75. The summed E-state index contributed by atoms with van der Waals surface area (Å²) >= 11 is 6.08. The van der Waals surface area contributed by atoms with E-state index in [1.165, 1.54) is 18.2 Å². The highest BCUT2D eigenvalue weighted by Crippen LogP contribution is 2.27. The topological polar surface area (TPSA) is 75.3 Å². The molecule has 0 heterocycles. The minimum atomic E-state index is -3.93. The number of benzene rings is 2. The fraction of sp³-hybridized carbons (Fsp3) is 0.278. The van der Waals surface area contributed by atoms with E-state index < -0.39 is 10.0 Å². The molecule has 0 aliphatic carbocycles. The van der Waals surface area contributed by atoms with Gasteiger partial charge >= 0.3 is 0 Å². The number of hydrogen-bond donors (Lipinski definition) is 2. The molecule has 0 spiro atoms. The summed E-state index contributed by atoms with van der Waals surface area (Å²) in [6.07, 6.45) is 0. The fourth-order valence-corrected chi connectivity index (χ4v) is 3.91. The SMILES string of the molecule is Cc1cccc(NS(=O)(=O)c2cc(C(=O)NC(C)C)ccc2Cl)c1C. The number of rotatable bonds is 5. The Bertz CT molecular complexity index is 909. The van der Waals surface area contributed by atoms with Crippen LogP contribution in [-0.4, -0.2) is 20.4 Å². The molecule has 0 unspecified atom stereocenters. The second-order valence-corrected chi connectivity index (χ2v) is 8.18. The number of hydrogen-bond acceptors (Lipinski definition) is 3. The van der Waals surface area contributed by atoms with E-state index in [0.717, 1.165) is 11.1 Å². The second kappa shape index (κ2) is 7.45. The highest BCUT2D eigenvalue weighted by Gasteiger charge is 2.21. The van der Waals surface area contributed by atoms with Gasteiger partial charge in [0.2, 0.25) is 0 Å². The summed E-state index contributed by atoms with van der Waals surface area (Å²) in [6, 6.07) is 9.49. The molecule has 7 heteroatoms. The van der Waals surface area contributed by atoms with E-state index >= 15 is 0 Å². The number of carbonyl (C=O) groups excluding carboxylic acids is 1. The van der Waals surface area contributed by atoms with Gasteiger partial charge in [-0.2, -0.15) is 0 Å². The molecule has 0 atom stereocenters. The molecule has 5 nitrogen and oxygen atoms in total. The molecular formula is C18H21ClN2O3S. The van der Waals surface area contributed by atoms with Crippen molar-refractivity contribution in [1.29, 1.82) is 0 Å². The highest BCUT2D eigenvalue weighted by molar-refractivity contribution is 7.92. The molecule has 2 rings (SSSR count). The Morgan fingerprint density at radius 3 is 2.44 bits per heavy atom. The molecule has 0 bridgehead atoms. The number of halogens is 1. The van der Waals surface area contributed by atoms with Gasteiger partial charge in [0.15, 0.2) is 0 Å². The summed E-state index contributed by atoms with van der Waals surface area (Å²) in [4.78, 5) is 12.0. The molecule has 134 valence electrons. The molecule has 0 saturated carbocycles. The van der Waals surface area contributed by atoms with Crippen LogP contribution >= 0.6 is 11.6 Å². The number of sulfonamides is 1. The lowest BCUT2D eigenvalue weighted by Crippen LogP contribution is -2.30. The molecule has 2 aromatic carbocycles. The second-order valence-electron chi connectivity index (χ2n) is 6.13. The van der Waals surface area contributed by atoms with Gasteiger partial charge < -0.3 is 5.32 Å². The van der Waals surface area contributed by atoms with E-state index in [-0.39, 0.29) is 27.4 Å². The van der Waals surface area contributed by atoms with Gasteiger partial charge in [-0.3, -0.25) is 9.52 Å². The molecule has 2 aromatic rings. The molecule has 0 aromatic heterocycles. The van der Waals surface area contributed by atoms with Gasteiger partial charge in [0.25, 0.3) is 15.9 Å². The number of anilines is 1. The third-order valence-corrected chi connectivity index (χ3v) is 5.60. The van der Waals surface area contributed by atoms with E-state index in [1.807, 2.05) is 33.8 Å². The maximum Gasteiger partial charge on any atom is 0.263 e. The van der Waals surface area contributed by atoms with Crippen LogP contribution in [-0.2, 0) is 10.0 Å². The molecule has 0 aliphatic rings. The predicted molar refractivity (Wildman–Crippen MR) is 101 cm³/mol. The quantitative estimate of drug-likeness (QED) is 0.826. The Kier molecular flexibility index (Phi) is 5.75. The van der Waals surface area contributed by atoms with Crippen molar-refractivity contribution >= 4 is 33.2 Å². The van der Waals surface area contributed by atoms with Crippen LogP contribution in [0.4, 0.5) is 5.69 Å². The summed E-state index contributed by atoms with van der Waals surface area (Å²) in [6.45, 7) is 7.39. The molecular weight excluding hydrogens is 360 g/mol. The van der Waals surface area contributed by atoms with E-state index in [2.05, 4.69) is 10.0 Å². The van der Waals surface area contributed by atoms with Crippen molar-refractivity contribution in [2.75, 3.05) is 4.72 Å². The number of amides is 1. The van der Waals surface area contributed by atoms with Gasteiger partial charge in [-0.15, -0.1) is 0 Å². The summed E-state index contributed by atoms with van der Waals surface area (Å²) < 4.78 is 28.1. The molecule has 0 radical (unpaired) electrons. The average Bonchev–Trinajstić information content (AvgIpc) is 2.51. The van der Waals surface area contributed by atoms with Crippen LogP contribution in [0.25, 0.3) is 0 Å². The van der Waals surface area contributed by atoms with Crippen molar-refractivity contribution < 1.29 is 13.2 Å². The van der Waals surface area contributed by atoms with Gasteiger partial charge in [0, 0.05) is 11.6 Å². The zero-order valence-electron chi connectivity index (χ0n) is 14.6. The standard InChI is InChI=1S/C18H21ClN2O3S/c1-11(2)20-18(22)14-8-9-15(19)17(10-14)25(23,24)21-16-7-5-6-12(3)13(16)4/h5-11,21H,1-4H3,(H,20,22). The third kappa shape index (κ3) is 4.52. The average molecular weight is 381 g/mol. The molecule has 0 aliphatic heterocycles. The van der Waals surface area contributed by atoms with E-state index in [4.69, 9.17) is 11.6 Å². The minimum Gasteiger partial charge on any atom is -0.350 e. The van der Waals surface area contributed by atoms with Crippen molar-refractivity contribution in [3.05, 3.63) is 58.1 Å². The normalized spacial score (nSPS) is 11.4. The fourth-order valence-electron chi connectivity index (χ4n) is 2.26. The van der Waals surface area contributed by atoms with Gasteiger partial charge in [0.05, 0.1) is 10.7 Å². The van der Waals surface area contributed by atoms with E-state index in [9.17, 15) is 13.2 Å². The first-order valence-electron chi connectivity index (χ1n) is 7.81. The summed E-state index contributed by atoms with van der Waals surface area (Å²) in [5.41, 5.74) is 2.51. The van der Waals surface area contributed by atoms with Gasteiger partial charge in [-0.25, -0.2) is 8.42 Å². The molecule has 0 saturated heterocycles. The maximum absolute atomic E-state index is 12.8. The lowest BCUT2D eigenvalue weighted by Gasteiger charge is -2.14. The van der Waals surface area contributed by atoms with E-state index in [1.54, 1.807) is 12.1 Å². The molecule has 25 heavy (non-hydrogen) atoms. The Balaban J connectivity index is 2.42. The molecule has 2 N–H and O–H groups in total. The molecule has 1 amide bonds. The first-order chi connectivity index (χ1) is 11.6. The van der Waals surface area contributed by atoms with Crippen LogP contribution in [0.2, 0.25) is 5.02 Å². The van der Waals surface area contributed by atoms with Crippen molar-refractivity contribution in [2.24, 2.45) is 0 Å². The van der Waals surface area contributed by atoms with Gasteiger partial charge in [0.1, 0.15) is 4.90 Å². The Labute approximate surface area is 153 Å². The number of nitrogens with one attached hydrogen (secondary N) is 2. The van der Waals surface area contributed by atoms with Gasteiger partial charge in [-0.1, -0.05) is 23.7 Å². The van der Waals surface area contributed by atoms with Crippen LogP contribution in [0, 0.1) is 13.8 Å². The number of carbonyl (C=O) groups is 1. The lowest BCUT2D eigenvalue weighted by atomic mass is 10.1. The monoisotopic (exact) mass is 380 g/mol. The summed E-state index contributed by atoms with van der Waals surface area (Å²) in [7, 11) is -3.93. The zero-order valence-corrected chi connectivity index (χ0v) is 16.1. The van der Waals surface area contributed by atoms with Gasteiger partial charge in [-0.05, 0) is 63.1 Å². The van der Waals surface area contributed by atoms with Crippen LogP contribution in [0.1, 0.15) is 35.3 Å². The van der Waals surface area contributed by atoms with Crippen molar-refractivity contribution in [3.8, 4) is 0 Å². The van der Waals surface area contributed by atoms with Crippen molar-refractivity contribution in [2.45, 2.75) is 38.6 Å². The Hall–Kier alpha value is -2.05. The Morgan fingerprint density at radius 1 is 1.12 bits per heavy atom. The lowest BCUT2D eigenvalue weighted by molar-refractivity contribution is 0.0943. The van der Waals surface area contributed by atoms with Crippen LogP contribution in [0.5, 0.6) is 0 Å². The summed E-state index contributed by atoms with van der Waals surface area (Å²) in [5, 5.41) is 2.78. The molecule has 0 fully saturated rings. The van der Waals surface area contributed by atoms with Crippen molar-refractivity contribution in [3.63, 3.8) is 0 Å². The highest BCUT2D eigenvalue weighted by atomic mass is 35.5. The maximum atomic E-state index is 12.8. The predicted octanol–water partition coefficient (Wildman–Crippen LogP) is 3.90. The zero-order chi connectivity index (χ0) is 18.8. The van der Waals surface area contributed by atoms with E-state index in [0.29, 0.717) is 5.69 Å².